The van der Waals surface area contributed by atoms with Crippen molar-refractivity contribution in [1.29, 1.82) is 0 Å². The molecule has 2 rings (SSSR count). The summed E-state index contributed by atoms with van der Waals surface area (Å²) in [5.41, 5.74) is 0.927. The highest BCUT2D eigenvalue weighted by Crippen LogP contribution is 2.39. The minimum atomic E-state index is 0.154. The molecule has 3 nitrogen and oxygen atoms in total. The van der Waals surface area contributed by atoms with Gasteiger partial charge in [-0.05, 0) is 25.0 Å². The maximum atomic E-state index is 8.75. The zero-order valence-electron chi connectivity index (χ0n) is 7.62. The second-order valence-electron chi connectivity index (χ2n) is 3.09. The van der Waals surface area contributed by atoms with Gasteiger partial charge in [0.1, 0.15) is 0 Å². The van der Waals surface area contributed by atoms with Crippen LogP contribution in [-0.4, -0.2) is 18.5 Å². The number of benzene rings is 1. The molecule has 1 aromatic carbocycles. The first-order chi connectivity index (χ1) is 6.83. The van der Waals surface area contributed by atoms with Crippen LogP contribution in [0.25, 0.3) is 0 Å². The van der Waals surface area contributed by atoms with Gasteiger partial charge >= 0.3 is 0 Å². The van der Waals surface area contributed by atoms with E-state index < -0.39 is 0 Å². The summed E-state index contributed by atoms with van der Waals surface area (Å²) in [6.07, 6.45) is 1.39. The molecule has 0 bridgehead atoms. The van der Waals surface area contributed by atoms with Crippen molar-refractivity contribution in [2.45, 2.75) is 12.8 Å². The first kappa shape index (κ1) is 9.62. The van der Waals surface area contributed by atoms with E-state index in [1.165, 1.54) is 0 Å². The van der Waals surface area contributed by atoms with E-state index >= 15 is 0 Å². The van der Waals surface area contributed by atoms with E-state index in [0.717, 1.165) is 17.1 Å². The Morgan fingerprint density at radius 3 is 3.00 bits per heavy atom. The van der Waals surface area contributed by atoms with Crippen LogP contribution in [0.4, 0.5) is 0 Å². The van der Waals surface area contributed by atoms with Crippen molar-refractivity contribution in [2.75, 3.05) is 13.4 Å². The van der Waals surface area contributed by atoms with Crippen LogP contribution >= 0.6 is 11.6 Å². The maximum absolute atomic E-state index is 8.75. The average molecular weight is 215 g/mol. The maximum Gasteiger partial charge on any atom is 0.231 e. The third-order valence-electron chi connectivity index (χ3n) is 2.17. The number of rotatable bonds is 3. The number of aliphatic hydroxyl groups excluding tert-OH is 1. The van der Waals surface area contributed by atoms with Crippen molar-refractivity contribution in [3.05, 3.63) is 22.7 Å². The van der Waals surface area contributed by atoms with Gasteiger partial charge in [0.05, 0.1) is 0 Å². The molecule has 0 aliphatic carbocycles. The SMILES string of the molecule is OCCCc1c(Cl)ccc2c1OCO2. The van der Waals surface area contributed by atoms with Crippen molar-refractivity contribution in [1.82, 2.24) is 0 Å². The van der Waals surface area contributed by atoms with Gasteiger partial charge in [0.2, 0.25) is 6.79 Å². The Kier molecular flexibility index (Phi) is 2.79. The molecule has 1 heterocycles. The number of hydrogen-bond acceptors (Lipinski definition) is 3. The van der Waals surface area contributed by atoms with E-state index in [0.29, 0.717) is 17.9 Å². The molecule has 0 unspecified atom stereocenters. The van der Waals surface area contributed by atoms with Crippen LogP contribution in [0.15, 0.2) is 12.1 Å². The van der Waals surface area contributed by atoms with Crippen LogP contribution in [-0.2, 0) is 6.42 Å². The molecule has 0 saturated carbocycles. The van der Waals surface area contributed by atoms with E-state index in [1.54, 1.807) is 12.1 Å². The van der Waals surface area contributed by atoms with Crippen LogP contribution in [0.3, 0.4) is 0 Å². The Morgan fingerprint density at radius 1 is 1.36 bits per heavy atom. The topological polar surface area (TPSA) is 38.7 Å². The number of hydrogen-bond donors (Lipinski definition) is 1. The van der Waals surface area contributed by atoms with Crippen LogP contribution in [0.2, 0.25) is 5.02 Å². The van der Waals surface area contributed by atoms with Crippen molar-refractivity contribution < 1.29 is 14.6 Å². The van der Waals surface area contributed by atoms with E-state index in [4.69, 9.17) is 26.2 Å². The number of halogens is 1. The molecule has 0 atom stereocenters. The molecule has 0 saturated heterocycles. The quantitative estimate of drug-likeness (QED) is 0.837. The summed E-state index contributed by atoms with van der Waals surface area (Å²) in [6.45, 7) is 0.405. The summed E-state index contributed by atoms with van der Waals surface area (Å²) in [5.74, 6) is 1.47. The van der Waals surface area contributed by atoms with Gasteiger partial charge in [0, 0.05) is 17.2 Å². The molecule has 1 aliphatic rings. The Bertz CT molecular complexity index is 338. The van der Waals surface area contributed by atoms with Gasteiger partial charge in [-0.15, -0.1) is 0 Å². The van der Waals surface area contributed by atoms with Crippen molar-refractivity contribution in [3.63, 3.8) is 0 Å². The van der Waals surface area contributed by atoms with Crippen molar-refractivity contribution in [3.8, 4) is 11.5 Å². The Morgan fingerprint density at radius 2 is 2.21 bits per heavy atom. The minimum Gasteiger partial charge on any atom is -0.454 e. The molecule has 0 amide bonds. The smallest absolute Gasteiger partial charge is 0.231 e. The fourth-order valence-electron chi connectivity index (χ4n) is 1.49. The van der Waals surface area contributed by atoms with Gasteiger partial charge in [-0.25, -0.2) is 0 Å². The summed E-state index contributed by atoms with van der Waals surface area (Å²) >= 11 is 6.03. The summed E-state index contributed by atoms with van der Waals surface area (Å²) < 4.78 is 10.5. The lowest BCUT2D eigenvalue weighted by Crippen LogP contribution is -1.96. The van der Waals surface area contributed by atoms with E-state index in [9.17, 15) is 0 Å². The van der Waals surface area contributed by atoms with Crippen molar-refractivity contribution >= 4 is 11.6 Å². The average Bonchev–Trinajstić information content (AvgIpc) is 2.64. The number of aliphatic hydroxyl groups is 1. The van der Waals surface area contributed by atoms with Crippen LogP contribution in [0, 0.1) is 0 Å². The summed E-state index contributed by atoms with van der Waals surface area (Å²) in [6, 6.07) is 3.59. The molecule has 14 heavy (non-hydrogen) atoms. The normalized spacial score (nSPS) is 13.3. The molecule has 0 aromatic heterocycles. The molecule has 76 valence electrons. The first-order valence-electron chi connectivity index (χ1n) is 4.51. The van der Waals surface area contributed by atoms with Gasteiger partial charge in [0.15, 0.2) is 11.5 Å². The molecule has 0 radical (unpaired) electrons. The van der Waals surface area contributed by atoms with Crippen LogP contribution in [0.1, 0.15) is 12.0 Å². The van der Waals surface area contributed by atoms with Gasteiger partial charge in [-0.3, -0.25) is 0 Å². The molecule has 4 heteroatoms. The molecular formula is C10H11ClO3. The monoisotopic (exact) mass is 214 g/mol. The lowest BCUT2D eigenvalue weighted by molar-refractivity contribution is 0.173. The van der Waals surface area contributed by atoms with E-state index in [-0.39, 0.29) is 13.4 Å². The van der Waals surface area contributed by atoms with Crippen molar-refractivity contribution in [2.24, 2.45) is 0 Å². The molecule has 1 aromatic rings. The predicted molar refractivity (Wildman–Crippen MR) is 53.0 cm³/mol. The molecule has 0 fully saturated rings. The Hall–Kier alpha value is -0.930. The lowest BCUT2D eigenvalue weighted by atomic mass is 10.1. The fraction of sp³-hybridized carbons (Fsp3) is 0.400. The second-order valence-corrected chi connectivity index (χ2v) is 3.49. The Labute approximate surface area is 87.2 Å². The highest BCUT2D eigenvalue weighted by molar-refractivity contribution is 6.31. The largest absolute Gasteiger partial charge is 0.454 e. The van der Waals surface area contributed by atoms with Gasteiger partial charge in [-0.1, -0.05) is 11.6 Å². The fourth-order valence-corrected chi connectivity index (χ4v) is 1.74. The minimum absolute atomic E-state index is 0.154. The van der Waals surface area contributed by atoms with Gasteiger partial charge in [0.25, 0.3) is 0 Å². The van der Waals surface area contributed by atoms with Crippen LogP contribution in [0.5, 0.6) is 11.5 Å². The second kappa shape index (κ2) is 4.07. The molecule has 1 N–H and O–H groups in total. The lowest BCUT2D eigenvalue weighted by Gasteiger charge is -2.06. The van der Waals surface area contributed by atoms with Gasteiger partial charge in [-0.2, -0.15) is 0 Å². The predicted octanol–water partition coefficient (Wildman–Crippen LogP) is 1.99. The summed E-state index contributed by atoms with van der Waals surface area (Å²) in [4.78, 5) is 0. The summed E-state index contributed by atoms with van der Waals surface area (Å²) in [7, 11) is 0. The van der Waals surface area contributed by atoms with E-state index in [2.05, 4.69) is 0 Å². The number of ether oxygens (including phenoxy) is 2. The third kappa shape index (κ3) is 1.65. The standard InChI is InChI=1S/C10H11ClO3/c11-8-3-4-9-10(14-6-13-9)7(8)2-1-5-12/h3-4,12H,1-2,5-6H2. The highest BCUT2D eigenvalue weighted by Gasteiger charge is 2.19. The molecular weight excluding hydrogens is 204 g/mol. The highest BCUT2D eigenvalue weighted by atomic mass is 35.5. The summed E-state index contributed by atoms with van der Waals surface area (Å²) in [5, 5.41) is 9.42. The van der Waals surface area contributed by atoms with E-state index in [1.807, 2.05) is 0 Å². The number of fused-ring (bicyclic) bond motifs is 1. The third-order valence-corrected chi connectivity index (χ3v) is 2.52. The zero-order chi connectivity index (χ0) is 9.97. The molecule has 1 aliphatic heterocycles. The zero-order valence-corrected chi connectivity index (χ0v) is 8.38. The molecule has 0 spiro atoms. The Balaban J connectivity index is 2.31. The first-order valence-corrected chi connectivity index (χ1v) is 4.88. The van der Waals surface area contributed by atoms with Gasteiger partial charge < -0.3 is 14.6 Å². The van der Waals surface area contributed by atoms with Crippen LogP contribution < -0.4 is 9.47 Å².